The first kappa shape index (κ1) is 6.56. The third-order valence-corrected chi connectivity index (χ3v) is 0.990. The van der Waals surface area contributed by atoms with Gasteiger partial charge in [-0.3, -0.25) is 0 Å². The Morgan fingerprint density at radius 3 is 3.00 bits per heavy atom. The van der Waals surface area contributed by atoms with Crippen LogP contribution in [-0.2, 0) is 0 Å². The summed E-state index contributed by atoms with van der Waals surface area (Å²) in [5.41, 5.74) is 2.09. The molecule has 54 valence electrons. The van der Waals surface area contributed by atoms with Crippen molar-refractivity contribution in [2.24, 2.45) is 5.84 Å². The molecule has 0 aliphatic heterocycles. The normalized spacial score (nSPS) is 9.30. The fraction of sp³-hybridized carbons (Fsp3) is 0. The molecule has 0 saturated carbocycles. The minimum Gasteiger partial charge on any atom is -0.476 e. The number of aromatic nitrogens is 2. The van der Waals surface area contributed by atoms with Crippen molar-refractivity contribution in [2.75, 3.05) is 5.43 Å². The highest BCUT2D eigenvalue weighted by Crippen LogP contribution is 2.05. The smallest absolute Gasteiger partial charge is 0.356 e. The van der Waals surface area contributed by atoms with E-state index in [1.165, 1.54) is 6.33 Å². The summed E-state index contributed by atoms with van der Waals surface area (Å²) in [6.45, 7) is 0. The van der Waals surface area contributed by atoms with Gasteiger partial charge in [0.15, 0.2) is 11.5 Å². The number of imidazole rings is 1. The standard InChI is InChI=1S/C4H6N4O2/c5-8-3-2(4(9)10)6-1-7-3/h1,8H,5H2,(H,6,7)(H,9,10). The van der Waals surface area contributed by atoms with E-state index in [0.29, 0.717) is 0 Å². The number of carboxylic acid groups (broad SMARTS) is 1. The number of hydrazine groups is 1. The maximum absolute atomic E-state index is 10.3. The zero-order chi connectivity index (χ0) is 7.56. The van der Waals surface area contributed by atoms with E-state index in [0.717, 1.165) is 0 Å². The topological polar surface area (TPSA) is 104 Å². The molecular weight excluding hydrogens is 136 g/mol. The lowest BCUT2D eigenvalue weighted by molar-refractivity contribution is 0.0692. The lowest BCUT2D eigenvalue weighted by Crippen LogP contribution is -2.11. The number of carbonyl (C=O) groups is 1. The molecule has 0 aliphatic carbocycles. The molecule has 0 amide bonds. The Balaban J connectivity index is 3.01. The van der Waals surface area contributed by atoms with Crippen LogP contribution in [0.3, 0.4) is 0 Å². The van der Waals surface area contributed by atoms with Crippen LogP contribution in [0.1, 0.15) is 10.5 Å². The SMILES string of the molecule is NNc1nc[nH]c1C(=O)O. The number of aromatic carboxylic acids is 1. The summed E-state index contributed by atoms with van der Waals surface area (Å²) in [6.07, 6.45) is 1.25. The van der Waals surface area contributed by atoms with Gasteiger partial charge in [0.25, 0.3) is 0 Å². The van der Waals surface area contributed by atoms with E-state index >= 15 is 0 Å². The first-order valence-electron chi connectivity index (χ1n) is 2.49. The van der Waals surface area contributed by atoms with Crippen molar-refractivity contribution in [3.63, 3.8) is 0 Å². The Morgan fingerprint density at radius 1 is 1.90 bits per heavy atom. The quantitative estimate of drug-likeness (QED) is 0.326. The van der Waals surface area contributed by atoms with Gasteiger partial charge in [-0.25, -0.2) is 15.6 Å². The predicted molar refractivity (Wildman–Crippen MR) is 33.4 cm³/mol. The van der Waals surface area contributed by atoms with Crippen molar-refractivity contribution in [2.45, 2.75) is 0 Å². The molecule has 0 radical (unpaired) electrons. The van der Waals surface area contributed by atoms with Crippen molar-refractivity contribution < 1.29 is 9.90 Å². The molecule has 0 fully saturated rings. The number of H-pyrrole nitrogens is 1. The number of nitrogen functional groups attached to an aromatic ring is 1. The maximum atomic E-state index is 10.3. The van der Waals surface area contributed by atoms with E-state index < -0.39 is 5.97 Å². The molecule has 0 bridgehead atoms. The van der Waals surface area contributed by atoms with Crippen molar-refractivity contribution in [1.82, 2.24) is 9.97 Å². The van der Waals surface area contributed by atoms with Crippen LogP contribution in [0.25, 0.3) is 0 Å². The molecule has 0 unspecified atom stereocenters. The van der Waals surface area contributed by atoms with Gasteiger partial charge in [0.2, 0.25) is 0 Å². The van der Waals surface area contributed by atoms with Crippen LogP contribution in [0.4, 0.5) is 5.82 Å². The Bertz CT molecular complexity index is 243. The van der Waals surface area contributed by atoms with E-state index in [2.05, 4.69) is 15.4 Å². The summed E-state index contributed by atoms with van der Waals surface area (Å²) >= 11 is 0. The van der Waals surface area contributed by atoms with Crippen molar-refractivity contribution in [1.29, 1.82) is 0 Å². The second-order valence-electron chi connectivity index (χ2n) is 1.58. The zero-order valence-corrected chi connectivity index (χ0v) is 4.96. The van der Waals surface area contributed by atoms with Gasteiger partial charge >= 0.3 is 5.97 Å². The molecule has 1 aromatic rings. The summed E-state index contributed by atoms with van der Waals surface area (Å²) in [5, 5.41) is 8.42. The number of nitrogens with zero attached hydrogens (tertiary/aromatic N) is 1. The van der Waals surface area contributed by atoms with Crippen molar-refractivity contribution in [3.8, 4) is 0 Å². The molecule has 0 aliphatic rings. The highest BCUT2D eigenvalue weighted by Gasteiger charge is 2.10. The summed E-state index contributed by atoms with van der Waals surface area (Å²) in [5.74, 6) is 3.98. The van der Waals surface area contributed by atoms with Crippen molar-refractivity contribution >= 4 is 11.8 Å². The van der Waals surface area contributed by atoms with Gasteiger partial charge < -0.3 is 15.5 Å². The first-order chi connectivity index (χ1) is 4.75. The predicted octanol–water partition coefficient (Wildman–Crippen LogP) is -0.607. The number of nitrogens with two attached hydrogens (primary N) is 1. The van der Waals surface area contributed by atoms with Crippen LogP contribution in [0.15, 0.2) is 6.33 Å². The van der Waals surface area contributed by atoms with Crippen LogP contribution in [0.5, 0.6) is 0 Å². The number of anilines is 1. The molecule has 10 heavy (non-hydrogen) atoms. The Morgan fingerprint density at radius 2 is 2.60 bits per heavy atom. The van der Waals surface area contributed by atoms with E-state index in [1.54, 1.807) is 0 Å². The zero-order valence-electron chi connectivity index (χ0n) is 4.96. The molecule has 1 rings (SSSR count). The lowest BCUT2D eigenvalue weighted by Gasteiger charge is -1.93. The minimum absolute atomic E-state index is 0.0394. The fourth-order valence-corrected chi connectivity index (χ4v) is 0.567. The van der Waals surface area contributed by atoms with Gasteiger partial charge in [-0.05, 0) is 0 Å². The van der Waals surface area contributed by atoms with Gasteiger partial charge in [0.05, 0.1) is 6.33 Å². The molecule has 1 heterocycles. The van der Waals surface area contributed by atoms with E-state index in [9.17, 15) is 4.79 Å². The molecule has 0 saturated heterocycles. The van der Waals surface area contributed by atoms with Crippen LogP contribution in [0, 0.1) is 0 Å². The minimum atomic E-state index is -1.09. The van der Waals surface area contributed by atoms with Crippen molar-refractivity contribution in [3.05, 3.63) is 12.0 Å². The number of hydrogen-bond acceptors (Lipinski definition) is 4. The highest BCUT2D eigenvalue weighted by molar-refractivity contribution is 5.90. The highest BCUT2D eigenvalue weighted by atomic mass is 16.4. The average molecular weight is 142 g/mol. The number of aromatic amines is 1. The van der Waals surface area contributed by atoms with Gasteiger partial charge in [-0.1, -0.05) is 0 Å². The number of rotatable bonds is 2. The van der Waals surface area contributed by atoms with E-state index in [-0.39, 0.29) is 11.5 Å². The molecular formula is C4H6N4O2. The molecule has 0 aromatic carbocycles. The second kappa shape index (κ2) is 2.36. The van der Waals surface area contributed by atoms with Gasteiger partial charge in [0, 0.05) is 0 Å². The average Bonchev–Trinajstić information content (AvgIpc) is 2.33. The van der Waals surface area contributed by atoms with Crippen LogP contribution >= 0.6 is 0 Å². The molecule has 6 nitrogen and oxygen atoms in total. The summed E-state index contributed by atoms with van der Waals surface area (Å²) in [6, 6.07) is 0. The van der Waals surface area contributed by atoms with E-state index in [1.807, 2.05) is 0 Å². The molecule has 6 heteroatoms. The van der Waals surface area contributed by atoms with Gasteiger partial charge in [0.1, 0.15) is 0 Å². The Labute approximate surface area is 56.0 Å². The van der Waals surface area contributed by atoms with Crippen LogP contribution < -0.4 is 11.3 Å². The Kier molecular flexibility index (Phi) is 1.55. The Hall–Kier alpha value is -1.56. The van der Waals surface area contributed by atoms with Gasteiger partial charge in [-0.15, -0.1) is 0 Å². The number of nitrogens with one attached hydrogen (secondary N) is 2. The van der Waals surface area contributed by atoms with Gasteiger partial charge in [-0.2, -0.15) is 0 Å². The fourth-order valence-electron chi connectivity index (χ4n) is 0.567. The van der Waals surface area contributed by atoms with E-state index in [4.69, 9.17) is 10.9 Å². The molecule has 1 aromatic heterocycles. The van der Waals surface area contributed by atoms with Crippen LogP contribution in [0.2, 0.25) is 0 Å². The summed E-state index contributed by atoms with van der Waals surface area (Å²) < 4.78 is 0. The third kappa shape index (κ3) is 0.914. The second-order valence-corrected chi connectivity index (χ2v) is 1.58. The molecule has 0 atom stereocenters. The summed E-state index contributed by atoms with van der Waals surface area (Å²) in [7, 11) is 0. The van der Waals surface area contributed by atoms with Crippen LogP contribution in [-0.4, -0.2) is 21.0 Å². The lowest BCUT2D eigenvalue weighted by atomic mass is 10.4. The molecule has 0 spiro atoms. The number of hydrogen-bond donors (Lipinski definition) is 4. The maximum Gasteiger partial charge on any atom is 0.356 e. The first-order valence-corrected chi connectivity index (χ1v) is 2.49. The monoisotopic (exact) mass is 142 g/mol. The molecule has 5 N–H and O–H groups in total. The largest absolute Gasteiger partial charge is 0.476 e. The summed E-state index contributed by atoms with van der Waals surface area (Å²) in [4.78, 5) is 16.3. The third-order valence-electron chi connectivity index (χ3n) is 0.990. The number of carboxylic acids is 1.